The van der Waals surface area contributed by atoms with E-state index >= 15 is 0 Å². The van der Waals surface area contributed by atoms with E-state index in [9.17, 15) is 14.4 Å². The van der Waals surface area contributed by atoms with Gasteiger partial charge in [-0.25, -0.2) is 0 Å². The second-order valence-electron chi connectivity index (χ2n) is 16.0. The molecule has 6 heteroatoms. The lowest BCUT2D eigenvalue weighted by Crippen LogP contribution is -2.54. The Morgan fingerprint density at radius 1 is 0.837 bits per heavy atom. The number of hydrogen-bond acceptors (Lipinski definition) is 5. The number of carbonyl (C=O) groups excluding carboxylic acids is 3. The molecule has 0 aromatic heterocycles. The number of rotatable bonds is 12. The molecule has 1 heterocycles. The number of ether oxygens (including phenoxy) is 2. The van der Waals surface area contributed by atoms with Crippen molar-refractivity contribution in [3.8, 4) is 0 Å². The molecule has 0 aliphatic carbocycles. The molecule has 0 spiro atoms. The first-order chi connectivity index (χ1) is 19.7. The number of carbonyl (C=O) groups is 3. The Bertz CT molecular complexity index is 1280. The van der Waals surface area contributed by atoms with Crippen LogP contribution in [0, 0.1) is 33.0 Å². The molecule has 3 atom stereocenters. The zero-order valence-electron chi connectivity index (χ0n) is 28.2. The zero-order chi connectivity index (χ0) is 32.4. The van der Waals surface area contributed by atoms with E-state index in [1.54, 1.807) is 36.4 Å². The average Bonchev–Trinajstić information content (AvgIpc) is 3.73. The van der Waals surface area contributed by atoms with E-state index in [4.69, 9.17) is 9.47 Å². The highest BCUT2D eigenvalue weighted by molar-refractivity contribution is 6.09. The molecule has 2 aromatic carbocycles. The molecule has 0 saturated carbocycles. The van der Waals surface area contributed by atoms with Crippen molar-refractivity contribution in [3.63, 3.8) is 0 Å². The molecular weight excluding hydrogens is 538 g/mol. The van der Waals surface area contributed by atoms with Gasteiger partial charge >= 0.3 is 5.97 Å². The van der Waals surface area contributed by atoms with Crippen molar-refractivity contribution in [1.82, 2.24) is 0 Å². The van der Waals surface area contributed by atoms with Gasteiger partial charge in [-0.15, -0.1) is 0 Å². The Morgan fingerprint density at radius 2 is 1.37 bits per heavy atom. The summed E-state index contributed by atoms with van der Waals surface area (Å²) in [7, 11) is 0. The minimum atomic E-state index is -0.802. The van der Waals surface area contributed by atoms with Gasteiger partial charge in [0.2, 0.25) is 5.91 Å². The van der Waals surface area contributed by atoms with Crippen LogP contribution in [-0.2, 0) is 19.1 Å². The fraction of sp³-hybridized carbons (Fsp3) is 0.595. The van der Waals surface area contributed by atoms with Crippen LogP contribution in [0.25, 0.3) is 0 Å². The summed E-state index contributed by atoms with van der Waals surface area (Å²) in [6.07, 6.45) is 1.21. The van der Waals surface area contributed by atoms with E-state index in [0.717, 1.165) is 0 Å². The summed E-state index contributed by atoms with van der Waals surface area (Å²) in [6, 6.07) is 16.2. The molecule has 1 aliphatic heterocycles. The molecule has 2 aromatic rings. The standard InChI is InChI=1S/C37H53NO5/c1-33(2,3)24-37(11,32(41)43-23-28-22-42-28)36(9,10)35(7,8)21-29(34(4,5)6)31(40)38-27-19-17-26(18-20-27)30(39)25-15-13-12-14-16-25/h12-20,28-29H,21-24H2,1-11H3,(H,38,40). The highest BCUT2D eigenvalue weighted by Gasteiger charge is 2.58. The second kappa shape index (κ2) is 12.6. The number of amides is 1. The fourth-order valence-electron chi connectivity index (χ4n) is 6.10. The van der Waals surface area contributed by atoms with Crippen LogP contribution in [0.15, 0.2) is 54.6 Å². The molecule has 1 fully saturated rings. The van der Waals surface area contributed by atoms with Crippen molar-refractivity contribution in [1.29, 1.82) is 0 Å². The third kappa shape index (κ3) is 8.35. The van der Waals surface area contributed by atoms with E-state index in [-0.39, 0.29) is 47.1 Å². The quantitative estimate of drug-likeness (QED) is 0.152. The van der Waals surface area contributed by atoms with E-state index in [0.29, 0.717) is 36.3 Å². The van der Waals surface area contributed by atoms with E-state index in [1.165, 1.54) is 0 Å². The molecule has 6 nitrogen and oxygen atoms in total. The Balaban J connectivity index is 1.84. The Kier molecular flexibility index (Phi) is 10.1. The lowest BCUT2D eigenvalue weighted by Gasteiger charge is -2.55. The topological polar surface area (TPSA) is 85.0 Å². The lowest BCUT2D eigenvalue weighted by atomic mass is 9.49. The number of esters is 1. The summed E-state index contributed by atoms with van der Waals surface area (Å²) >= 11 is 0. The third-order valence-electron chi connectivity index (χ3n) is 9.74. The lowest BCUT2D eigenvalue weighted by molar-refractivity contribution is -0.176. The molecule has 43 heavy (non-hydrogen) atoms. The van der Waals surface area contributed by atoms with Crippen LogP contribution in [0.4, 0.5) is 5.69 Å². The van der Waals surface area contributed by atoms with Crippen molar-refractivity contribution >= 4 is 23.3 Å². The molecule has 1 amide bonds. The van der Waals surface area contributed by atoms with Crippen LogP contribution in [-0.4, -0.2) is 37.0 Å². The molecule has 0 radical (unpaired) electrons. The number of epoxide rings is 1. The minimum absolute atomic E-state index is 0.00143. The Morgan fingerprint density at radius 3 is 1.86 bits per heavy atom. The zero-order valence-corrected chi connectivity index (χ0v) is 28.2. The summed E-state index contributed by atoms with van der Waals surface area (Å²) < 4.78 is 11.1. The predicted molar refractivity (Wildman–Crippen MR) is 173 cm³/mol. The number of ketones is 1. The van der Waals surface area contributed by atoms with Crippen molar-refractivity contribution in [2.75, 3.05) is 18.5 Å². The van der Waals surface area contributed by atoms with Gasteiger partial charge in [0.1, 0.15) is 12.7 Å². The van der Waals surface area contributed by atoms with Crippen molar-refractivity contribution in [2.45, 2.75) is 95.1 Å². The maximum Gasteiger partial charge on any atom is 0.312 e. The predicted octanol–water partition coefficient (Wildman–Crippen LogP) is 8.35. The molecule has 0 bridgehead atoms. The molecule has 1 aliphatic rings. The first-order valence-corrected chi connectivity index (χ1v) is 15.5. The van der Waals surface area contributed by atoms with Gasteiger partial charge in [-0.1, -0.05) is 99.6 Å². The monoisotopic (exact) mass is 591 g/mol. The number of benzene rings is 2. The SMILES string of the molecule is CC(C)(C)CC(C)(C(=O)OCC1CO1)C(C)(C)C(C)(C)CC(C(=O)Nc1ccc(C(=O)c2ccccc2)cc1)C(C)(C)C. The number of anilines is 1. The van der Waals surface area contributed by atoms with Gasteiger partial charge in [-0.05, 0) is 65.7 Å². The van der Waals surface area contributed by atoms with Crippen LogP contribution in [0.5, 0.6) is 0 Å². The van der Waals surface area contributed by atoms with Crippen LogP contribution < -0.4 is 5.32 Å². The first kappa shape index (κ1) is 34.5. The molecule has 3 rings (SSSR count). The molecule has 1 saturated heterocycles. The summed E-state index contributed by atoms with van der Waals surface area (Å²) in [6.45, 7) is 24.3. The van der Waals surface area contributed by atoms with Gasteiger partial charge in [0.25, 0.3) is 0 Å². The summed E-state index contributed by atoms with van der Waals surface area (Å²) in [5.41, 5.74) is -0.385. The summed E-state index contributed by atoms with van der Waals surface area (Å²) in [5.74, 6) is -0.693. The normalized spacial score (nSPS) is 17.9. The first-order valence-electron chi connectivity index (χ1n) is 15.5. The van der Waals surface area contributed by atoms with E-state index in [1.807, 2.05) is 25.1 Å². The molecule has 236 valence electrons. The average molecular weight is 592 g/mol. The highest BCUT2D eigenvalue weighted by atomic mass is 16.6. The summed E-state index contributed by atoms with van der Waals surface area (Å²) in [5, 5.41) is 3.11. The van der Waals surface area contributed by atoms with Crippen LogP contribution in [0.1, 0.15) is 105 Å². The Labute approximate surface area is 259 Å². The highest BCUT2D eigenvalue weighted by Crippen LogP contribution is 2.59. The van der Waals surface area contributed by atoms with Crippen LogP contribution in [0.2, 0.25) is 0 Å². The molecule has 1 N–H and O–H groups in total. The minimum Gasteiger partial charge on any atom is -0.462 e. The van der Waals surface area contributed by atoms with Gasteiger partial charge in [0, 0.05) is 22.7 Å². The van der Waals surface area contributed by atoms with Crippen LogP contribution in [0.3, 0.4) is 0 Å². The molecule has 3 unspecified atom stereocenters. The van der Waals surface area contributed by atoms with Crippen LogP contribution >= 0.6 is 0 Å². The second-order valence-corrected chi connectivity index (χ2v) is 16.0. The van der Waals surface area contributed by atoms with Gasteiger partial charge in [-0.3, -0.25) is 14.4 Å². The fourth-order valence-corrected chi connectivity index (χ4v) is 6.10. The van der Waals surface area contributed by atoms with E-state index < -0.39 is 16.2 Å². The van der Waals surface area contributed by atoms with Crippen molar-refractivity contribution in [2.24, 2.45) is 33.0 Å². The van der Waals surface area contributed by atoms with Crippen molar-refractivity contribution < 1.29 is 23.9 Å². The number of hydrogen-bond donors (Lipinski definition) is 1. The van der Waals surface area contributed by atoms with Gasteiger partial charge in [0.05, 0.1) is 12.0 Å². The Hall–Kier alpha value is -2.99. The molecular formula is C37H53NO5. The van der Waals surface area contributed by atoms with E-state index in [2.05, 4.69) is 74.6 Å². The maximum atomic E-state index is 13.9. The maximum absolute atomic E-state index is 13.9. The number of nitrogens with one attached hydrogen (secondary N) is 1. The van der Waals surface area contributed by atoms with Gasteiger partial charge in [-0.2, -0.15) is 0 Å². The third-order valence-corrected chi connectivity index (χ3v) is 9.74. The van der Waals surface area contributed by atoms with Gasteiger partial charge < -0.3 is 14.8 Å². The van der Waals surface area contributed by atoms with Crippen molar-refractivity contribution in [3.05, 3.63) is 65.7 Å². The van der Waals surface area contributed by atoms with Gasteiger partial charge in [0.15, 0.2) is 5.78 Å². The largest absolute Gasteiger partial charge is 0.462 e. The summed E-state index contributed by atoms with van der Waals surface area (Å²) in [4.78, 5) is 40.6. The smallest absolute Gasteiger partial charge is 0.312 e.